The van der Waals surface area contributed by atoms with E-state index in [1.807, 2.05) is 12.1 Å². The van der Waals surface area contributed by atoms with Crippen molar-refractivity contribution in [2.45, 2.75) is 6.18 Å². The molecular weight excluding hydrogens is 469 g/mol. The van der Waals surface area contributed by atoms with Crippen molar-refractivity contribution in [1.82, 2.24) is 14.8 Å². The number of benzene rings is 3. The van der Waals surface area contributed by atoms with E-state index in [4.69, 9.17) is 16.0 Å². The Morgan fingerprint density at radius 3 is 2.50 bits per heavy atom. The van der Waals surface area contributed by atoms with Crippen LogP contribution >= 0.6 is 11.6 Å². The van der Waals surface area contributed by atoms with Crippen LogP contribution in [0.5, 0.6) is 0 Å². The lowest BCUT2D eigenvalue weighted by atomic mass is 10.1. The molecule has 170 valence electrons. The largest absolute Gasteiger partial charge is 0.436 e. The Morgan fingerprint density at radius 1 is 1.00 bits per heavy atom. The number of nitrogens with one attached hydrogen (secondary N) is 1. The first-order chi connectivity index (χ1) is 16.3. The number of oxazole rings is 1. The molecule has 0 fully saturated rings. The van der Waals surface area contributed by atoms with Crippen LogP contribution in [0.1, 0.15) is 16.1 Å². The molecule has 0 bridgehead atoms. The molecule has 1 N–H and O–H groups in total. The molecule has 0 aliphatic rings. The van der Waals surface area contributed by atoms with Gasteiger partial charge in [0.15, 0.2) is 11.3 Å². The van der Waals surface area contributed by atoms with Crippen molar-refractivity contribution in [2.75, 3.05) is 5.32 Å². The molecule has 0 aliphatic carbocycles. The first-order valence-corrected chi connectivity index (χ1v) is 10.4. The summed E-state index contributed by atoms with van der Waals surface area (Å²) in [5.41, 5.74) is 0.401. The smallest absolute Gasteiger partial charge is 0.434 e. The lowest BCUT2D eigenvalue weighted by molar-refractivity contribution is -0.143. The van der Waals surface area contributed by atoms with Crippen LogP contribution in [0, 0.1) is 0 Å². The van der Waals surface area contributed by atoms with Crippen LogP contribution in [-0.4, -0.2) is 20.7 Å². The van der Waals surface area contributed by atoms with Crippen LogP contribution in [0.4, 0.5) is 18.9 Å². The topological polar surface area (TPSA) is 73.0 Å². The Morgan fingerprint density at radius 2 is 1.76 bits per heavy atom. The molecule has 0 saturated heterocycles. The molecule has 0 spiro atoms. The van der Waals surface area contributed by atoms with E-state index in [1.165, 1.54) is 24.3 Å². The number of fused-ring (bicyclic) bond motifs is 1. The number of halogens is 4. The van der Waals surface area contributed by atoms with Gasteiger partial charge in [-0.25, -0.2) is 9.67 Å². The third-order valence-corrected chi connectivity index (χ3v) is 5.27. The summed E-state index contributed by atoms with van der Waals surface area (Å²) in [6.45, 7) is 0. The molecule has 2 aromatic heterocycles. The highest BCUT2D eigenvalue weighted by Crippen LogP contribution is 2.34. The molecule has 5 aromatic rings. The molecule has 34 heavy (non-hydrogen) atoms. The van der Waals surface area contributed by atoms with Gasteiger partial charge in [0.1, 0.15) is 5.52 Å². The molecule has 0 aliphatic heterocycles. The number of anilines is 1. The van der Waals surface area contributed by atoms with Gasteiger partial charge in [-0.1, -0.05) is 29.8 Å². The number of hydrogen-bond acceptors (Lipinski definition) is 4. The minimum Gasteiger partial charge on any atom is -0.436 e. The Bertz CT molecular complexity index is 1470. The second-order valence-electron chi connectivity index (χ2n) is 7.31. The predicted molar refractivity (Wildman–Crippen MR) is 121 cm³/mol. The Kier molecular flexibility index (Phi) is 5.33. The number of para-hydroxylation sites is 2. The maximum absolute atomic E-state index is 13.9. The van der Waals surface area contributed by atoms with Crippen LogP contribution in [-0.2, 0) is 6.18 Å². The molecule has 0 atom stereocenters. The van der Waals surface area contributed by atoms with Gasteiger partial charge in [-0.05, 0) is 54.6 Å². The average Bonchev–Trinajstić information content (AvgIpc) is 3.45. The van der Waals surface area contributed by atoms with Crippen molar-refractivity contribution in [3.8, 4) is 17.1 Å². The quantitative estimate of drug-likeness (QED) is 0.313. The molecule has 0 radical (unpaired) electrons. The van der Waals surface area contributed by atoms with Gasteiger partial charge in [-0.3, -0.25) is 4.79 Å². The zero-order valence-corrected chi connectivity index (χ0v) is 17.9. The highest BCUT2D eigenvalue weighted by Gasteiger charge is 2.40. The minimum absolute atomic E-state index is 0.119. The molecule has 10 heteroatoms. The van der Waals surface area contributed by atoms with Crippen LogP contribution in [0.15, 0.2) is 83.4 Å². The van der Waals surface area contributed by atoms with Gasteiger partial charge in [0.05, 0.1) is 17.4 Å². The van der Waals surface area contributed by atoms with E-state index < -0.39 is 23.3 Å². The Balaban J connectivity index is 1.47. The van der Waals surface area contributed by atoms with Gasteiger partial charge >= 0.3 is 6.18 Å². The zero-order chi connectivity index (χ0) is 23.9. The number of amides is 1. The fraction of sp³-hybridized carbons (Fsp3) is 0.0417. The highest BCUT2D eigenvalue weighted by molar-refractivity contribution is 6.30. The van der Waals surface area contributed by atoms with Crippen LogP contribution in [0.2, 0.25) is 5.02 Å². The summed E-state index contributed by atoms with van der Waals surface area (Å²) in [4.78, 5) is 17.2. The zero-order valence-electron chi connectivity index (χ0n) is 17.2. The van der Waals surface area contributed by atoms with Gasteiger partial charge in [0.2, 0.25) is 5.89 Å². The Hall–Kier alpha value is -4.11. The molecule has 3 aromatic carbocycles. The van der Waals surface area contributed by atoms with E-state index in [9.17, 15) is 18.0 Å². The van der Waals surface area contributed by atoms with Crippen molar-refractivity contribution in [2.24, 2.45) is 0 Å². The predicted octanol–water partition coefficient (Wildman–Crippen LogP) is 6.61. The number of carbonyl (C=O) groups excluding carboxylic acids is 1. The average molecular weight is 483 g/mol. The van der Waals surface area contributed by atoms with Crippen LogP contribution in [0.3, 0.4) is 0 Å². The molecule has 6 nitrogen and oxygen atoms in total. The van der Waals surface area contributed by atoms with E-state index in [1.54, 1.807) is 36.4 Å². The number of alkyl halides is 3. The van der Waals surface area contributed by atoms with Crippen LogP contribution < -0.4 is 5.32 Å². The molecule has 0 saturated carbocycles. The van der Waals surface area contributed by atoms with E-state index in [0.717, 1.165) is 6.20 Å². The maximum atomic E-state index is 13.9. The van der Waals surface area contributed by atoms with E-state index >= 15 is 0 Å². The number of nitrogens with zero attached hydrogens (tertiary/aromatic N) is 3. The van der Waals surface area contributed by atoms with E-state index in [2.05, 4.69) is 15.4 Å². The first-order valence-electron chi connectivity index (χ1n) is 9.98. The summed E-state index contributed by atoms with van der Waals surface area (Å²) in [7, 11) is 0. The lowest BCUT2D eigenvalue weighted by Crippen LogP contribution is -2.20. The third kappa shape index (κ3) is 4.13. The molecular formula is C24H14ClF3N4O2. The second kappa shape index (κ2) is 8.35. The SMILES string of the molecule is O=C(Nc1cccc(-c2nc3ccccc3o2)c1)c1cnn(-c2ccc(Cl)cc2)c1C(F)(F)F. The van der Waals surface area contributed by atoms with Gasteiger partial charge in [0.25, 0.3) is 5.91 Å². The van der Waals surface area contributed by atoms with Crippen molar-refractivity contribution in [1.29, 1.82) is 0 Å². The minimum atomic E-state index is -4.83. The summed E-state index contributed by atoms with van der Waals surface area (Å²) < 4.78 is 48.1. The molecule has 5 rings (SSSR count). The monoisotopic (exact) mass is 482 g/mol. The normalized spacial score (nSPS) is 11.6. The fourth-order valence-corrected chi connectivity index (χ4v) is 3.62. The van der Waals surface area contributed by atoms with Gasteiger partial charge < -0.3 is 9.73 Å². The number of aromatic nitrogens is 3. The van der Waals surface area contributed by atoms with E-state index in [0.29, 0.717) is 32.3 Å². The number of hydrogen-bond donors (Lipinski definition) is 1. The summed E-state index contributed by atoms with van der Waals surface area (Å²) >= 11 is 5.83. The summed E-state index contributed by atoms with van der Waals surface area (Å²) in [6, 6.07) is 19.4. The summed E-state index contributed by atoms with van der Waals surface area (Å²) in [6.07, 6.45) is -3.94. The maximum Gasteiger partial charge on any atom is 0.434 e. The third-order valence-electron chi connectivity index (χ3n) is 5.01. The number of rotatable bonds is 4. The second-order valence-corrected chi connectivity index (χ2v) is 7.75. The van der Waals surface area contributed by atoms with Gasteiger partial charge in [-0.15, -0.1) is 0 Å². The Labute approximate surface area is 195 Å². The van der Waals surface area contributed by atoms with Crippen molar-refractivity contribution >= 4 is 34.3 Å². The van der Waals surface area contributed by atoms with Crippen molar-refractivity contribution in [3.05, 3.63) is 95.3 Å². The van der Waals surface area contributed by atoms with Gasteiger partial charge in [-0.2, -0.15) is 18.3 Å². The number of carbonyl (C=O) groups is 1. The summed E-state index contributed by atoms with van der Waals surface area (Å²) in [5.74, 6) is -0.633. The first kappa shape index (κ1) is 21.7. The van der Waals surface area contributed by atoms with Crippen molar-refractivity contribution in [3.63, 3.8) is 0 Å². The highest BCUT2D eigenvalue weighted by atomic mass is 35.5. The van der Waals surface area contributed by atoms with Gasteiger partial charge in [0, 0.05) is 16.3 Å². The van der Waals surface area contributed by atoms with Crippen LogP contribution in [0.25, 0.3) is 28.2 Å². The summed E-state index contributed by atoms with van der Waals surface area (Å²) in [5, 5.41) is 6.67. The van der Waals surface area contributed by atoms with Crippen molar-refractivity contribution < 1.29 is 22.4 Å². The molecule has 0 unspecified atom stereocenters. The molecule has 1 amide bonds. The standard InChI is InChI=1S/C24H14ClF3N4O2/c25-15-8-10-17(11-9-15)32-21(24(26,27)28)18(13-29-32)22(33)30-16-5-3-4-14(12-16)23-31-19-6-1-2-7-20(19)34-23/h1-13H,(H,30,33). The molecule has 2 heterocycles. The van der Waals surface area contributed by atoms with E-state index in [-0.39, 0.29) is 11.4 Å². The fourth-order valence-electron chi connectivity index (χ4n) is 3.49. The lowest BCUT2D eigenvalue weighted by Gasteiger charge is -2.13.